The van der Waals surface area contributed by atoms with Crippen LogP contribution in [-0.2, 0) is 9.47 Å². The largest absolute Gasteiger partial charge is 0.394 e. The summed E-state index contributed by atoms with van der Waals surface area (Å²) in [6.45, 7) is 5.51. The van der Waals surface area contributed by atoms with Gasteiger partial charge in [0.2, 0.25) is 0 Å². The molecule has 1 aliphatic heterocycles. The maximum atomic E-state index is 8.44. The van der Waals surface area contributed by atoms with E-state index in [1.165, 1.54) is 4.90 Å². The Bertz CT molecular complexity index is 191. The van der Waals surface area contributed by atoms with Crippen LogP contribution >= 0.6 is 0 Å². The summed E-state index contributed by atoms with van der Waals surface area (Å²) < 4.78 is 10.3. The summed E-state index contributed by atoms with van der Waals surface area (Å²) >= 11 is 0. The lowest BCUT2D eigenvalue weighted by Gasteiger charge is -2.21. The maximum absolute atomic E-state index is 8.44. The smallest absolute Gasteiger partial charge is 0.139 e. The first-order valence-electron chi connectivity index (χ1n) is 4.99. The highest BCUT2D eigenvalue weighted by Gasteiger charge is 2.10. The van der Waals surface area contributed by atoms with E-state index in [1.54, 1.807) is 0 Å². The van der Waals surface area contributed by atoms with Crippen molar-refractivity contribution in [2.45, 2.75) is 0 Å². The Morgan fingerprint density at radius 2 is 2.07 bits per heavy atom. The van der Waals surface area contributed by atoms with Gasteiger partial charge in [-0.2, -0.15) is 0 Å². The quantitative estimate of drug-likeness (QED) is 0.404. The summed E-state index contributed by atoms with van der Waals surface area (Å²) in [4.78, 5) is 1.48. The number of aliphatic hydroxyl groups excluding tert-OH is 1. The van der Waals surface area contributed by atoms with Crippen LogP contribution in [0.2, 0.25) is 0 Å². The van der Waals surface area contributed by atoms with Gasteiger partial charge in [0.1, 0.15) is 26.2 Å². The summed E-state index contributed by atoms with van der Waals surface area (Å²) in [7, 11) is 0. The molecule has 0 spiro atoms. The van der Waals surface area contributed by atoms with Crippen molar-refractivity contribution in [1.82, 2.24) is 0 Å². The Morgan fingerprint density at radius 1 is 1.29 bits per heavy atom. The molecule has 0 aromatic carbocycles. The van der Waals surface area contributed by atoms with Crippen LogP contribution in [0.15, 0.2) is 0 Å². The molecule has 0 bridgehead atoms. The number of ether oxygens (including phenoxy) is 2. The van der Waals surface area contributed by atoms with E-state index in [1.807, 2.05) is 0 Å². The molecule has 0 unspecified atom stereocenters. The summed E-state index contributed by atoms with van der Waals surface area (Å²) in [5, 5.41) is 8.44. The minimum absolute atomic E-state index is 0.0659. The van der Waals surface area contributed by atoms with Crippen LogP contribution in [0.4, 0.5) is 0 Å². The molecule has 1 heterocycles. The highest BCUT2D eigenvalue weighted by atomic mass is 16.5. The van der Waals surface area contributed by atoms with Gasteiger partial charge in [0.15, 0.2) is 0 Å². The van der Waals surface area contributed by atoms with Crippen LogP contribution < -0.4 is 4.90 Å². The molecule has 0 radical (unpaired) electrons. The number of hydrogen-bond donors (Lipinski definition) is 2. The van der Waals surface area contributed by atoms with E-state index in [0.717, 1.165) is 32.8 Å². The Morgan fingerprint density at radius 3 is 2.79 bits per heavy atom. The lowest BCUT2D eigenvalue weighted by molar-refractivity contribution is -0.900. The SMILES string of the molecule is OCCOCC#CC[NH+]1CCOCC1. The first-order valence-corrected chi connectivity index (χ1v) is 4.99. The highest BCUT2D eigenvalue weighted by Crippen LogP contribution is 1.74. The van der Waals surface area contributed by atoms with E-state index >= 15 is 0 Å². The van der Waals surface area contributed by atoms with Crippen molar-refractivity contribution in [2.75, 3.05) is 52.7 Å². The molecule has 80 valence electrons. The molecule has 0 aromatic rings. The van der Waals surface area contributed by atoms with Gasteiger partial charge in [0.05, 0.1) is 26.4 Å². The van der Waals surface area contributed by atoms with Gasteiger partial charge in [-0.3, -0.25) is 0 Å². The van der Waals surface area contributed by atoms with Crippen molar-refractivity contribution in [3.8, 4) is 11.8 Å². The van der Waals surface area contributed by atoms with Crippen LogP contribution in [0.1, 0.15) is 0 Å². The van der Waals surface area contributed by atoms with Crippen LogP contribution in [0.3, 0.4) is 0 Å². The summed E-state index contributed by atoms with van der Waals surface area (Å²) in [6, 6.07) is 0. The fourth-order valence-electron chi connectivity index (χ4n) is 1.26. The Labute approximate surface area is 84.8 Å². The average molecular weight is 200 g/mol. The first-order chi connectivity index (χ1) is 6.93. The molecule has 0 atom stereocenters. The third-order valence-electron chi connectivity index (χ3n) is 2.07. The molecule has 1 fully saturated rings. The number of aliphatic hydroxyl groups is 1. The Hall–Kier alpha value is -0.600. The summed E-state index contributed by atoms with van der Waals surface area (Å²) in [5.41, 5.74) is 0. The number of nitrogens with one attached hydrogen (secondary N) is 1. The molecular weight excluding hydrogens is 182 g/mol. The second-order valence-corrected chi connectivity index (χ2v) is 3.17. The minimum Gasteiger partial charge on any atom is -0.394 e. The predicted octanol–water partition coefficient (Wildman–Crippen LogP) is -2.09. The Balaban J connectivity index is 2.00. The Kier molecular flexibility index (Phi) is 6.37. The van der Waals surface area contributed by atoms with Gasteiger partial charge in [-0.1, -0.05) is 5.92 Å². The molecule has 0 saturated carbocycles. The van der Waals surface area contributed by atoms with Gasteiger partial charge < -0.3 is 19.5 Å². The second kappa shape index (κ2) is 7.77. The summed E-state index contributed by atoms with van der Waals surface area (Å²) in [6.07, 6.45) is 0. The average Bonchev–Trinajstić information content (AvgIpc) is 2.25. The van der Waals surface area contributed by atoms with E-state index in [0.29, 0.717) is 13.2 Å². The molecule has 1 rings (SSSR count). The second-order valence-electron chi connectivity index (χ2n) is 3.17. The van der Waals surface area contributed by atoms with Gasteiger partial charge in [0, 0.05) is 0 Å². The lowest BCUT2D eigenvalue weighted by atomic mass is 10.4. The van der Waals surface area contributed by atoms with Crippen molar-refractivity contribution in [3.05, 3.63) is 0 Å². The van der Waals surface area contributed by atoms with Crippen molar-refractivity contribution in [3.63, 3.8) is 0 Å². The first kappa shape index (κ1) is 11.5. The van der Waals surface area contributed by atoms with Gasteiger partial charge >= 0.3 is 0 Å². The van der Waals surface area contributed by atoms with Crippen LogP contribution in [0.5, 0.6) is 0 Å². The minimum atomic E-state index is 0.0659. The normalized spacial score (nSPS) is 17.5. The number of morpholine rings is 1. The third-order valence-corrected chi connectivity index (χ3v) is 2.07. The van der Waals surface area contributed by atoms with Crippen molar-refractivity contribution in [1.29, 1.82) is 0 Å². The van der Waals surface area contributed by atoms with Gasteiger partial charge in [-0.05, 0) is 5.92 Å². The van der Waals surface area contributed by atoms with Crippen LogP contribution in [0, 0.1) is 11.8 Å². The van der Waals surface area contributed by atoms with Gasteiger partial charge in [-0.25, -0.2) is 0 Å². The standard InChI is InChI=1S/C10H17NO3/c12-6-10-13-7-2-1-3-11-4-8-14-9-5-11/h12H,3-10H2/p+1. The zero-order valence-corrected chi connectivity index (χ0v) is 8.42. The van der Waals surface area contributed by atoms with E-state index in [-0.39, 0.29) is 6.61 Å². The van der Waals surface area contributed by atoms with Crippen molar-refractivity contribution in [2.24, 2.45) is 0 Å². The fraction of sp³-hybridized carbons (Fsp3) is 0.800. The van der Waals surface area contributed by atoms with Gasteiger partial charge in [-0.15, -0.1) is 0 Å². The molecule has 1 aliphatic rings. The molecule has 4 heteroatoms. The van der Waals surface area contributed by atoms with Crippen LogP contribution in [0.25, 0.3) is 0 Å². The monoisotopic (exact) mass is 200 g/mol. The van der Waals surface area contributed by atoms with Crippen LogP contribution in [-0.4, -0.2) is 57.8 Å². The number of quaternary nitrogens is 1. The van der Waals surface area contributed by atoms with Crippen molar-refractivity contribution >= 4 is 0 Å². The van der Waals surface area contributed by atoms with Gasteiger partial charge in [0.25, 0.3) is 0 Å². The van der Waals surface area contributed by atoms with E-state index in [9.17, 15) is 0 Å². The number of rotatable bonds is 4. The zero-order valence-electron chi connectivity index (χ0n) is 8.42. The fourth-order valence-corrected chi connectivity index (χ4v) is 1.26. The molecule has 2 N–H and O–H groups in total. The topological polar surface area (TPSA) is 43.1 Å². The molecule has 4 nitrogen and oxygen atoms in total. The maximum Gasteiger partial charge on any atom is 0.139 e. The third kappa shape index (κ3) is 5.20. The van der Waals surface area contributed by atoms with E-state index in [4.69, 9.17) is 14.6 Å². The molecule has 1 saturated heterocycles. The summed E-state index contributed by atoms with van der Waals surface area (Å²) in [5.74, 6) is 5.99. The molecule has 0 aromatic heterocycles. The molecule has 0 aliphatic carbocycles. The van der Waals surface area contributed by atoms with E-state index in [2.05, 4.69) is 11.8 Å². The molecule has 0 amide bonds. The molecule has 14 heavy (non-hydrogen) atoms. The van der Waals surface area contributed by atoms with Crippen molar-refractivity contribution < 1.29 is 19.5 Å². The van der Waals surface area contributed by atoms with E-state index < -0.39 is 0 Å². The number of hydrogen-bond acceptors (Lipinski definition) is 3. The predicted molar refractivity (Wildman–Crippen MR) is 52.1 cm³/mol. The zero-order chi connectivity index (χ0) is 10.1. The highest BCUT2D eigenvalue weighted by molar-refractivity contribution is 4.98. The molecular formula is C10H18NO3+. The lowest BCUT2D eigenvalue weighted by Crippen LogP contribution is -3.14.